The van der Waals surface area contributed by atoms with Gasteiger partial charge in [-0.2, -0.15) is 10.5 Å². The van der Waals surface area contributed by atoms with E-state index in [0.29, 0.717) is 84.7 Å². The Morgan fingerprint density at radius 3 is 1.63 bits per heavy atom. The zero-order valence-corrected chi connectivity index (χ0v) is 43.8. The highest BCUT2D eigenvalue weighted by Crippen LogP contribution is 2.47. The number of nitrogens with zero attached hydrogens (tertiary/aromatic N) is 3. The average molecular weight is 1010 g/mol. The molecule has 7 aromatic carbocycles. The maximum absolute atomic E-state index is 15.1. The summed E-state index contributed by atoms with van der Waals surface area (Å²) in [6.45, 7) is 16.6. The second-order valence-electron chi connectivity index (χ2n) is 19.2. The zero-order valence-electron chi connectivity index (χ0n) is 43.0. The van der Waals surface area contributed by atoms with E-state index in [-0.39, 0.29) is 22.5 Å². The molecule has 0 atom stereocenters. The molecular weight excluding hydrogens is 959 g/mol. The first kappa shape index (κ1) is 53.8. The minimum Gasteiger partial charge on any atom is -0.456 e. The summed E-state index contributed by atoms with van der Waals surface area (Å²) in [5, 5.41) is 21.3. The second-order valence-corrected chi connectivity index (χ2v) is 19.6. The molecule has 0 spiro atoms. The minimum atomic E-state index is -3.11. The van der Waals surface area contributed by atoms with Crippen molar-refractivity contribution in [1.29, 1.82) is 10.5 Å². The molecule has 0 radical (unpaired) electrons. The fraction of sp³-hybridized carbons (Fsp3) is 0.190. The van der Waals surface area contributed by atoms with E-state index in [4.69, 9.17) is 26.8 Å². The number of nitriles is 2. The topological polar surface area (TPSA) is 174 Å². The smallest absolute Gasteiger partial charge is 0.425 e. The van der Waals surface area contributed by atoms with Gasteiger partial charge < -0.3 is 14.2 Å². The van der Waals surface area contributed by atoms with Gasteiger partial charge in [0.05, 0.1) is 5.56 Å². The van der Waals surface area contributed by atoms with Crippen LogP contribution in [0.3, 0.4) is 0 Å². The number of rotatable bonds is 16. The Bertz CT molecular complexity index is 3630. The van der Waals surface area contributed by atoms with Crippen LogP contribution in [-0.4, -0.2) is 29.2 Å². The van der Waals surface area contributed by atoms with Crippen molar-refractivity contribution in [2.75, 3.05) is 0 Å². The molecule has 376 valence electrons. The van der Waals surface area contributed by atoms with Crippen LogP contribution in [0.1, 0.15) is 120 Å². The van der Waals surface area contributed by atoms with Crippen molar-refractivity contribution in [3.63, 3.8) is 0 Å². The minimum absolute atomic E-state index is 0.140. The number of aromatic nitrogens is 1. The molecule has 0 aliphatic heterocycles. The second kappa shape index (κ2) is 23.3. The SMILES string of the molecule is CCC(C)(C)c1cc(Oc2cccc(-c3ccc(-c4ccc(C)cc4C(=O)c4ccccc4)cc3C(=O)c3ccc(Oc4ccccn4)cc3)c2C#N)c(C(C)(C)CC)cc1Oc1cccc(C)c1C#N.O=S(=O)=O. The van der Waals surface area contributed by atoms with Crippen LogP contribution in [0.4, 0.5) is 0 Å². The van der Waals surface area contributed by atoms with Crippen LogP contribution < -0.4 is 14.2 Å². The number of benzene rings is 7. The largest absolute Gasteiger partial charge is 0.456 e. The Morgan fingerprint density at radius 2 is 1.07 bits per heavy atom. The molecule has 8 aromatic rings. The lowest BCUT2D eigenvalue weighted by molar-refractivity contribution is 0.103. The first-order valence-corrected chi connectivity index (χ1v) is 25.3. The maximum atomic E-state index is 15.1. The van der Waals surface area contributed by atoms with E-state index < -0.39 is 16.0 Å². The third-order valence-corrected chi connectivity index (χ3v) is 13.5. The monoisotopic (exact) mass is 1010 g/mol. The van der Waals surface area contributed by atoms with Gasteiger partial charge in [-0.3, -0.25) is 9.59 Å². The van der Waals surface area contributed by atoms with Crippen LogP contribution in [0, 0.1) is 36.5 Å². The van der Waals surface area contributed by atoms with Gasteiger partial charge >= 0.3 is 10.6 Å². The van der Waals surface area contributed by atoms with Gasteiger partial charge in [-0.15, -0.1) is 12.6 Å². The lowest BCUT2D eigenvalue weighted by Crippen LogP contribution is -2.21. The van der Waals surface area contributed by atoms with Crippen molar-refractivity contribution < 1.29 is 36.4 Å². The predicted octanol–water partition coefficient (Wildman–Crippen LogP) is 15.0. The first-order valence-electron chi connectivity index (χ1n) is 24.3. The highest BCUT2D eigenvalue weighted by atomic mass is 32.2. The van der Waals surface area contributed by atoms with Crippen LogP contribution in [0.2, 0.25) is 0 Å². The molecular formula is C63H55N3O8S. The van der Waals surface area contributed by atoms with E-state index >= 15 is 4.79 Å². The fourth-order valence-electron chi connectivity index (χ4n) is 8.56. The quantitative estimate of drug-likeness (QED) is 0.0843. The van der Waals surface area contributed by atoms with Crippen molar-refractivity contribution >= 4 is 22.2 Å². The van der Waals surface area contributed by atoms with E-state index in [9.17, 15) is 15.3 Å². The van der Waals surface area contributed by atoms with Crippen molar-refractivity contribution in [2.24, 2.45) is 0 Å². The standard InChI is InChI=1S/C63H55N3O5.O3S/c1-9-62(5,6)53-37-58(54(63(7,8)10-2)36-57(53)70-55-22-16-18-41(4)51(55)38-64)71-56-23-17-21-47(52(56)39-65)48-32-28-44(46-31-25-40(3)34-49(46)60(67)42-19-12-11-13-20-42)35-50(48)61(68)43-26-29-45(30-27-43)69-59-24-14-15-33-66-59;1-4(2)3/h11-37H,9-10H2,1-8H3;. The number of ether oxygens (including phenoxy) is 3. The summed E-state index contributed by atoms with van der Waals surface area (Å²) in [5.41, 5.74) is 7.47. The van der Waals surface area contributed by atoms with Gasteiger partial charge in [0.2, 0.25) is 5.88 Å². The summed E-state index contributed by atoms with van der Waals surface area (Å²) < 4.78 is 45.0. The molecule has 0 unspecified atom stereocenters. The summed E-state index contributed by atoms with van der Waals surface area (Å²) in [4.78, 5) is 33.5. The highest BCUT2D eigenvalue weighted by Gasteiger charge is 2.32. The molecule has 0 aliphatic carbocycles. The Kier molecular flexibility index (Phi) is 16.7. The molecule has 0 fully saturated rings. The molecule has 1 heterocycles. The molecule has 0 amide bonds. The van der Waals surface area contributed by atoms with Gasteiger partial charge in [-0.1, -0.05) is 132 Å². The van der Waals surface area contributed by atoms with Crippen molar-refractivity contribution in [1.82, 2.24) is 4.98 Å². The summed E-state index contributed by atoms with van der Waals surface area (Å²) in [7, 11) is -3.11. The lowest BCUT2D eigenvalue weighted by atomic mass is 9.77. The molecule has 0 saturated heterocycles. The number of pyridine rings is 1. The van der Waals surface area contributed by atoms with Crippen LogP contribution in [0.25, 0.3) is 22.3 Å². The molecule has 1 aromatic heterocycles. The summed E-state index contributed by atoms with van der Waals surface area (Å²) >= 11 is 0. The van der Waals surface area contributed by atoms with Gasteiger partial charge in [0, 0.05) is 51.2 Å². The van der Waals surface area contributed by atoms with Crippen LogP contribution in [0.5, 0.6) is 34.6 Å². The van der Waals surface area contributed by atoms with E-state index in [1.807, 2.05) is 117 Å². The van der Waals surface area contributed by atoms with Gasteiger partial charge in [0.15, 0.2) is 11.6 Å². The fourth-order valence-corrected chi connectivity index (χ4v) is 8.56. The van der Waals surface area contributed by atoms with E-state index in [2.05, 4.69) is 58.7 Å². The molecule has 11 nitrogen and oxygen atoms in total. The zero-order chi connectivity index (χ0) is 54.0. The van der Waals surface area contributed by atoms with Crippen molar-refractivity contribution in [2.45, 2.75) is 79.1 Å². The van der Waals surface area contributed by atoms with E-state index in [1.165, 1.54) is 0 Å². The molecule has 0 saturated carbocycles. The molecule has 12 heteroatoms. The third kappa shape index (κ3) is 12.3. The number of carbonyl (C=O) groups is 2. The van der Waals surface area contributed by atoms with Gasteiger partial charge in [0.25, 0.3) is 0 Å². The number of hydrogen-bond donors (Lipinski definition) is 0. The van der Waals surface area contributed by atoms with E-state index in [1.54, 1.807) is 60.8 Å². The Balaban J connectivity index is 0.00000198. The van der Waals surface area contributed by atoms with E-state index in [0.717, 1.165) is 35.1 Å². The Hall–Kier alpha value is -8.97. The van der Waals surface area contributed by atoms with Crippen molar-refractivity contribution in [3.8, 4) is 69.0 Å². The number of carbonyl (C=O) groups excluding carboxylic acids is 2. The van der Waals surface area contributed by atoms with Crippen LogP contribution >= 0.6 is 0 Å². The lowest BCUT2D eigenvalue weighted by Gasteiger charge is -2.32. The first-order chi connectivity index (χ1) is 35.9. The summed E-state index contributed by atoms with van der Waals surface area (Å²) in [6, 6.07) is 52.5. The predicted molar refractivity (Wildman–Crippen MR) is 290 cm³/mol. The number of hydrogen-bond acceptors (Lipinski definition) is 11. The Labute approximate surface area is 439 Å². The molecule has 8 rings (SSSR count). The third-order valence-electron chi connectivity index (χ3n) is 13.5. The summed E-state index contributed by atoms with van der Waals surface area (Å²) in [6.07, 6.45) is 3.17. The van der Waals surface area contributed by atoms with Crippen LogP contribution in [0.15, 0.2) is 164 Å². The van der Waals surface area contributed by atoms with Crippen LogP contribution in [-0.2, 0) is 21.4 Å². The average Bonchev–Trinajstić information content (AvgIpc) is 3.41. The number of aryl methyl sites for hydroxylation is 2. The Morgan fingerprint density at radius 1 is 0.533 bits per heavy atom. The highest BCUT2D eigenvalue weighted by molar-refractivity contribution is 7.59. The maximum Gasteiger partial charge on any atom is 0.425 e. The normalized spacial score (nSPS) is 11.0. The molecule has 0 N–H and O–H groups in total. The molecule has 0 bridgehead atoms. The molecule has 0 aliphatic rings. The van der Waals surface area contributed by atoms with Crippen molar-refractivity contribution in [3.05, 3.63) is 220 Å². The molecule has 75 heavy (non-hydrogen) atoms. The number of ketones is 2. The van der Waals surface area contributed by atoms with Gasteiger partial charge in [-0.05, 0) is 127 Å². The van der Waals surface area contributed by atoms with Gasteiger partial charge in [-0.25, -0.2) is 4.98 Å². The summed E-state index contributed by atoms with van der Waals surface area (Å²) in [5.74, 6) is 2.46. The van der Waals surface area contributed by atoms with Gasteiger partial charge in [0.1, 0.15) is 46.4 Å².